The highest BCUT2D eigenvalue weighted by Crippen LogP contribution is 2.40. The quantitative estimate of drug-likeness (QED) is 0.799. The van der Waals surface area contributed by atoms with Crippen molar-refractivity contribution in [2.45, 2.75) is 43.3 Å². The Hall–Kier alpha value is 0.230. The summed E-state index contributed by atoms with van der Waals surface area (Å²) in [6.07, 6.45) is 3.24. The summed E-state index contributed by atoms with van der Waals surface area (Å²) in [7, 11) is 2.06. The minimum Gasteiger partial charge on any atom is -0.347 e. The van der Waals surface area contributed by atoms with Gasteiger partial charge in [0.05, 0.1) is 13.2 Å². The molecule has 0 aromatic carbocycles. The number of ether oxygens (including phenoxy) is 2. The average molecular weight is 231 g/mol. The molecule has 2 aliphatic rings. The zero-order chi connectivity index (χ0) is 10.7. The van der Waals surface area contributed by atoms with Gasteiger partial charge in [0.2, 0.25) is 0 Å². The van der Waals surface area contributed by atoms with E-state index in [1.54, 1.807) is 0 Å². The van der Waals surface area contributed by atoms with Crippen molar-refractivity contribution in [2.75, 3.05) is 26.0 Å². The molecule has 4 heteroatoms. The van der Waals surface area contributed by atoms with Crippen LogP contribution in [0.4, 0.5) is 0 Å². The summed E-state index contributed by atoms with van der Waals surface area (Å²) < 4.78 is 11.6. The number of hydrogen-bond acceptors (Lipinski definition) is 4. The van der Waals surface area contributed by atoms with E-state index < -0.39 is 0 Å². The van der Waals surface area contributed by atoms with E-state index in [2.05, 4.69) is 19.3 Å². The fourth-order valence-corrected chi connectivity index (χ4v) is 3.90. The van der Waals surface area contributed by atoms with Gasteiger partial charge in [-0.1, -0.05) is 6.92 Å². The number of thioether (sulfide) groups is 1. The smallest absolute Gasteiger partial charge is 0.169 e. The minimum atomic E-state index is -0.236. The molecule has 3 nitrogen and oxygen atoms in total. The summed E-state index contributed by atoms with van der Waals surface area (Å²) >= 11 is 2.02. The molecule has 2 rings (SSSR count). The molecule has 88 valence electrons. The van der Waals surface area contributed by atoms with Crippen molar-refractivity contribution < 1.29 is 9.47 Å². The molecule has 15 heavy (non-hydrogen) atoms. The molecule has 1 aliphatic heterocycles. The van der Waals surface area contributed by atoms with E-state index >= 15 is 0 Å². The van der Waals surface area contributed by atoms with Crippen molar-refractivity contribution in [2.24, 2.45) is 0 Å². The zero-order valence-corrected chi connectivity index (χ0v) is 10.4. The lowest BCUT2D eigenvalue weighted by Crippen LogP contribution is -2.48. The van der Waals surface area contributed by atoms with Crippen LogP contribution in [-0.2, 0) is 9.47 Å². The summed E-state index contributed by atoms with van der Waals surface area (Å²) in [4.78, 5) is 0. The number of hydrogen-bond donors (Lipinski definition) is 1. The van der Waals surface area contributed by atoms with Gasteiger partial charge in [0.15, 0.2) is 5.79 Å². The molecule has 1 spiro atoms. The highest BCUT2D eigenvalue weighted by Gasteiger charge is 2.44. The third-order valence-corrected chi connectivity index (χ3v) is 4.62. The standard InChI is InChI=1S/C11H21NO2S/c1-3-15-10-8-11(13-6-7-14-11)5-4-9(10)12-2/h9-10,12H,3-8H2,1-2H3. The lowest BCUT2D eigenvalue weighted by molar-refractivity contribution is -0.177. The van der Waals surface area contributed by atoms with Crippen LogP contribution in [0.3, 0.4) is 0 Å². The van der Waals surface area contributed by atoms with E-state index in [4.69, 9.17) is 9.47 Å². The zero-order valence-electron chi connectivity index (χ0n) is 9.62. The largest absolute Gasteiger partial charge is 0.347 e. The van der Waals surface area contributed by atoms with Crippen molar-refractivity contribution in [3.63, 3.8) is 0 Å². The van der Waals surface area contributed by atoms with Crippen LogP contribution in [0, 0.1) is 0 Å². The predicted octanol–water partition coefficient (Wildman–Crippen LogP) is 1.62. The van der Waals surface area contributed by atoms with Gasteiger partial charge in [-0.25, -0.2) is 0 Å². The molecule has 1 aliphatic carbocycles. The van der Waals surface area contributed by atoms with Crippen LogP contribution in [-0.4, -0.2) is 43.1 Å². The molecule has 0 aromatic rings. The molecule has 1 saturated carbocycles. The molecule has 1 N–H and O–H groups in total. The fourth-order valence-electron chi connectivity index (χ4n) is 2.59. The molecule has 1 heterocycles. The maximum Gasteiger partial charge on any atom is 0.169 e. The van der Waals surface area contributed by atoms with E-state index in [9.17, 15) is 0 Å². The first-order valence-electron chi connectivity index (χ1n) is 5.86. The van der Waals surface area contributed by atoms with Gasteiger partial charge in [-0.15, -0.1) is 0 Å². The van der Waals surface area contributed by atoms with Crippen LogP contribution >= 0.6 is 11.8 Å². The summed E-state index contributed by atoms with van der Waals surface area (Å²) in [5.74, 6) is 0.930. The van der Waals surface area contributed by atoms with Gasteiger partial charge < -0.3 is 14.8 Å². The maximum absolute atomic E-state index is 5.79. The fraction of sp³-hybridized carbons (Fsp3) is 1.00. The number of nitrogens with one attached hydrogen (secondary N) is 1. The first-order chi connectivity index (χ1) is 7.29. The highest BCUT2D eigenvalue weighted by atomic mass is 32.2. The van der Waals surface area contributed by atoms with Crippen LogP contribution in [0.15, 0.2) is 0 Å². The Balaban J connectivity index is 1.98. The van der Waals surface area contributed by atoms with E-state index in [1.165, 1.54) is 5.75 Å². The second-order valence-corrected chi connectivity index (χ2v) is 5.76. The summed E-state index contributed by atoms with van der Waals surface area (Å²) in [5.41, 5.74) is 0. The molecule has 2 fully saturated rings. The lowest BCUT2D eigenvalue weighted by atomic mass is 9.89. The van der Waals surface area contributed by atoms with Crippen molar-refractivity contribution in [1.82, 2.24) is 5.32 Å². The third kappa shape index (κ3) is 2.49. The molecular weight excluding hydrogens is 210 g/mol. The Bertz CT molecular complexity index is 207. The van der Waals surface area contributed by atoms with Gasteiger partial charge in [0.1, 0.15) is 0 Å². The van der Waals surface area contributed by atoms with Gasteiger partial charge >= 0.3 is 0 Å². The van der Waals surface area contributed by atoms with Crippen LogP contribution in [0.5, 0.6) is 0 Å². The summed E-state index contributed by atoms with van der Waals surface area (Å²) in [6, 6.07) is 0.619. The van der Waals surface area contributed by atoms with Crippen molar-refractivity contribution in [3.8, 4) is 0 Å². The Morgan fingerprint density at radius 3 is 2.73 bits per heavy atom. The minimum absolute atomic E-state index is 0.236. The van der Waals surface area contributed by atoms with Gasteiger partial charge in [0.25, 0.3) is 0 Å². The Labute approximate surface area is 96.3 Å². The molecule has 0 radical (unpaired) electrons. The normalized spacial score (nSPS) is 34.8. The topological polar surface area (TPSA) is 30.5 Å². The Morgan fingerprint density at radius 1 is 1.40 bits per heavy atom. The molecule has 2 unspecified atom stereocenters. The summed E-state index contributed by atoms with van der Waals surface area (Å²) in [5, 5.41) is 4.04. The monoisotopic (exact) mass is 231 g/mol. The molecule has 2 atom stereocenters. The Kier molecular flexibility index (Phi) is 3.93. The van der Waals surface area contributed by atoms with Gasteiger partial charge in [0, 0.05) is 24.1 Å². The van der Waals surface area contributed by atoms with E-state index in [0.29, 0.717) is 11.3 Å². The first kappa shape index (κ1) is 11.7. The highest BCUT2D eigenvalue weighted by molar-refractivity contribution is 7.99. The van der Waals surface area contributed by atoms with Crippen molar-refractivity contribution in [3.05, 3.63) is 0 Å². The summed E-state index contributed by atoms with van der Waals surface area (Å²) in [6.45, 7) is 3.76. The second-order valence-electron chi connectivity index (χ2n) is 4.24. The van der Waals surface area contributed by atoms with Crippen LogP contribution in [0.1, 0.15) is 26.2 Å². The second kappa shape index (κ2) is 5.04. The van der Waals surface area contributed by atoms with Crippen LogP contribution < -0.4 is 5.32 Å². The molecule has 0 bridgehead atoms. The Morgan fingerprint density at radius 2 is 2.13 bits per heavy atom. The molecule has 0 amide bonds. The van der Waals surface area contributed by atoms with E-state index in [0.717, 1.165) is 32.5 Å². The third-order valence-electron chi connectivity index (χ3n) is 3.36. The maximum atomic E-state index is 5.79. The lowest BCUT2D eigenvalue weighted by Gasteiger charge is -2.40. The predicted molar refractivity (Wildman–Crippen MR) is 63.3 cm³/mol. The van der Waals surface area contributed by atoms with Crippen LogP contribution in [0.25, 0.3) is 0 Å². The van der Waals surface area contributed by atoms with E-state index in [-0.39, 0.29) is 5.79 Å². The van der Waals surface area contributed by atoms with Gasteiger partial charge in [-0.3, -0.25) is 0 Å². The van der Waals surface area contributed by atoms with Gasteiger partial charge in [-0.2, -0.15) is 11.8 Å². The molecule has 0 aromatic heterocycles. The van der Waals surface area contributed by atoms with E-state index in [1.807, 2.05) is 11.8 Å². The SMILES string of the molecule is CCSC1CC2(CCC1NC)OCCO2. The first-order valence-corrected chi connectivity index (χ1v) is 6.91. The van der Waals surface area contributed by atoms with Crippen molar-refractivity contribution >= 4 is 11.8 Å². The van der Waals surface area contributed by atoms with Crippen LogP contribution in [0.2, 0.25) is 0 Å². The van der Waals surface area contributed by atoms with Crippen molar-refractivity contribution in [1.29, 1.82) is 0 Å². The number of rotatable bonds is 3. The molecular formula is C11H21NO2S. The average Bonchev–Trinajstić information content (AvgIpc) is 2.68. The van der Waals surface area contributed by atoms with Gasteiger partial charge in [-0.05, 0) is 19.2 Å². The molecule has 1 saturated heterocycles.